The Morgan fingerprint density at radius 1 is 1.13 bits per heavy atom. The van der Waals surface area contributed by atoms with Crippen LogP contribution in [0.3, 0.4) is 0 Å². The molecule has 3 heteroatoms. The molecule has 2 heterocycles. The molecule has 2 nitrogen and oxygen atoms in total. The van der Waals surface area contributed by atoms with E-state index in [-0.39, 0.29) is 8.80 Å². The van der Waals surface area contributed by atoms with Crippen LogP contribution in [0.4, 0.5) is 0 Å². The van der Waals surface area contributed by atoms with Crippen LogP contribution in [-0.2, 0) is 6.54 Å². The van der Waals surface area contributed by atoms with Gasteiger partial charge in [-0.15, -0.1) is 0 Å². The topological polar surface area (TPSA) is 17.8 Å². The normalized spacial score (nSPS) is 18.9. The van der Waals surface area contributed by atoms with E-state index in [0.717, 1.165) is 0 Å². The molecule has 84 valence electrons. The van der Waals surface area contributed by atoms with Crippen molar-refractivity contribution in [3.05, 3.63) is 18.7 Å². The van der Waals surface area contributed by atoms with Crippen LogP contribution in [0.15, 0.2) is 18.7 Å². The zero-order valence-electron chi connectivity index (χ0n) is 9.57. The van der Waals surface area contributed by atoms with E-state index in [0.29, 0.717) is 0 Å². The van der Waals surface area contributed by atoms with Crippen molar-refractivity contribution in [1.82, 2.24) is 9.55 Å². The fraction of sp³-hybridized carbons (Fsp3) is 0.750. The Morgan fingerprint density at radius 2 is 1.93 bits per heavy atom. The summed E-state index contributed by atoms with van der Waals surface area (Å²) in [7, 11) is -0.327. The Labute approximate surface area is 94.3 Å². The van der Waals surface area contributed by atoms with Gasteiger partial charge in [0, 0.05) is 27.7 Å². The van der Waals surface area contributed by atoms with Gasteiger partial charge >= 0.3 is 0 Å². The van der Waals surface area contributed by atoms with Crippen molar-refractivity contribution < 1.29 is 0 Å². The predicted octanol–water partition coefficient (Wildman–Crippen LogP) is 3.07. The average Bonchev–Trinajstić information content (AvgIpc) is 2.62. The van der Waals surface area contributed by atoms with Crippen molar-refractivity contribution in [2.45, 2.75) is 56.8 Å². The van der Waals surface area contributed by atoms with Crippen molar-refractivity contribution in [2.24, 2.45) is 0 Å². The van der Waals surface area contributed by atoms with E-state index >= 15 is 0 Å². The van der Waals surface area contributed by atoms with Crippen LogP contribution in [-0.4, -0.2) is 18.3 Å². The van der Waals surface area contributed by atoms with Gasteiger partial charge in [-0.05, 0) is 6.42 Å². The van der Waals surface area contributed by atoms with Crippen LogP contribution >= 0.6 is 0 Å². The molecule has 0 unspecified atom stereocenters. The van der Waals surface area contributed by atoms with Gasteiger partial charge in [0.05, 0.1) is 6.33 Å². The first-order valence-corrected chi connectivity index (χ1v) is 8.86. The number of rotatable bonds is 4. The van der Waals surface area contributed by atoms with E-state index in [4.69, 9.17) is 0 Å². The number of aromatic nitrogens is 2. The van der Waals surface area contributed by atoms with Gasteiger partial charge in [0.2, 0.25) is 0 Å². The van der Waals surface area contributed by atoms with E-state index in [1.807, 2.05) is 12.5 Å². The predicted molar refractivity (Wildman–Crippen MR) is 66.9 cm³/mol. The molecule has 0 radical (unpaired) electrons. The lowest BCUT2D eigenvalue weighted by molar-refractivity contribution is 0.673. The zero-order valence-corrected chi connectivity index (χ0v) is 10.7. The summed E-state index contributed by atoms with van der Waals surface area (Å²) >= 11 is 0. The third-order valence-electron chi connectivity index (χ3n) is 3.56. The summed E-state index contributed by atoms with van der Waals surface area (Å²) in [5.74, 6) is 0. The van der Waals surface area contributed by atoms with Crippen LogP contribution in [0.25, 0.3) is 0 Å². The van der Waals surface area contributed by atoms with Gasteiger partial charge in [0.25, 0.3) is 0 Å². The minimum absolute atomic E-state index is 0.327. The van der Waals surface area contributed by atoms with Crippen LogP contribution in [0, 0.1) is 0 Å². The maximum absolute atomic E-state index is 4.08. The standard InChI is InChI=1S/C12H22N2Si/c1-2-4-10-15(9-3-1)11-5-7-14-8-6-13-12-14/h6,8,12,15H,1-5,7,9-11H2. The molecule has 0 atom stereocenters. The third kappa shape index (κ3) is 3.82. The van der Waals surface area contributed by atoms with Crippen molar-refractivity contribution in [1.29, 1.82) is 0 Å². The number of nitrogens with zero attached hydrogens (tertiary/aromatic N) is 2. The number of aryl methyl sites for hydroxylation is 1. The van der Waals surface area contributed by atoms with Gasteiger partial charge in [0.15, 0.2) is 0 Å². The summed E-state index contributed by atoms with van der Waals surface area (Å²) in [4.78, 5) is 4.08. The van der Waals surface area contributed by atoms with Gasteiger partial charge in [-0.1, -0.05) is 43.8 Å². The van der Waals surface area contributed by atoms with Gasteiger partial charge < -0.3 is 4.57 Å². The van der Waals surface area contributed by atoms with E-state index in [9.17, 15) is 0 Å². The maximum atomic E-state index is 4.08. The fourth-order valence-electron chi connectivity index (χ4n) is 2.63. The van der Waals surface area contributed by atoms with Crippen LogP contribution in [0.1, 0.15) is 32.1 Å². The van der Waals surface area contributed by atoms with Crippen LogP contribution in [0.2, 0.25) is 18.1 Å². The molecule has 15 heavy (non-hydrogen) atoms. The summed E-state index contributed by atoms with van der Waals surface area (Å²) in [6.07, 6.45) is 13.3. The molecule has 0 aromatic carbocycles. The second-order valence-electron chi connectivity index (χ2n) is 4.80. The maximum Gasteiger partial charge on any atom is 0.0945 e. The quantitative estimate of drug-likeness (QED) is 0.716. The number of hydrogen-bond acceptors (Lipinski definition) is 1. The van der Waals surface area contributed by atoms with Crippen molar-refractivity contribution >= 4 is 8.80 Å². The SMILES string of the molecule is c1cn(CCC[SiH]2CCCCCC2)cn1. The lowest BCUT2D eigenvalue weighted by Gasteiger charge is -2.11. The van der Waals surface area contributed by atoms with Gasteiger partial charge in [-0.2, -0.15) is 0 Å². The molecule has 0 aliphatic carbocycles. The molecular weight excluding hydrogens is 200 g/mol. The highest BCUT2D eigenvalue weighted by molar-refractivity contribution is 6.58. The van der Waals surface area contributed by atoms with Crippen molar-refractivity contribution in [3.8, 4) is 0 Å². The Kier molecular flexibility index (Phi) is 4.45. The summed E-state index contributed by atoms with van der Waals surface area (Å²) in [5, 5.41) is 0. The second kappa shape index (κ2) is 6.11. The Morgan fingerprint density at radius 3 is 2.60 bits per heavy atom. The number of hydrogen-bond donors (Lipinski definition) is 0. The van der Waals surface area contributed by atoms with E-state index in [1.54, 1.807) is 18.1 Å². The van der Waals surface area contributed by atoms with Crippen LogP contribution < -0.4 is 0 Å². The summed E-state index contributed by atoms with van der Waals surface area (Å²) < 4.78 is 2.21. The zero-order chi connectivity index (χ0) is 10.3. The molecule has 0 saturated carbocycles. The highest BCUT2D eigenvalue weighted by Gasteiger charge is 2.12. The minimum Gasteiger partial charge on any atom is -0.338 e. The summed E-state index contributed by atoms with van der Waals surface area (Å²) in [6, 6.07) is 4.78. The van der Waals surface area contributed by atoms with Gasteiger partial charge in [-0.3, -0.25) is 0 Å². The molecule has 0 N–H and O–H groups in total. The molecule has 1 aromatic heterocycles. The molecule has 1 aliphatic rings. The lowest BCUT2D eigenvalue weighted by Crippen LogP contribution is -2.11. The Balaban J connectivity index is 1.64. The molecule has 0 bridgehead atoms. The summed E-state index contributed by atoms with van der Waals surface area (Å²) in [5.41, 5.74) is 0. The first kappa shape index (κ1) is 10.9. The molecule has 1 fully saturated rings. The lowest BCUT2D eigenvalue weighted by atomic mass is 10.2. The van der Waals surface area contributed by atoms with Gasteiger partial charge in [-0.25, -0.2) is 4.98 Å². The summed E-state index contributed by atoms with van der Waals surface area (Å²) in [6.45, 7) is 1.18. The molecule has 1 saturated heterocycles. The molecular formula is C12H22N2Si. The highest BCUT2D eigenvalue weighted by atomic mass is 28.3. The third-order valence-corrected chi connectivity index (χ3v) is 7.24. The smallest absolute Gasteiger partial charge is 0.0945 e. The Bertz CT molecular complexity index is 251. The molecule has 0 amide bonds. The fourth-order valence-corrected chi connectivity index (χ4v) is 5.99. The average molecular weight is 222 g/mol. The monoisotopic (exact) mass is 222 g/mol. The van der Waals surface area contributed by atoms with E-state index in [1.165, 1.54) is 38.6 Å². The molecule has 2 rings (SSSR count). The van der Waals surface area contributed by atoms with E-state index in [2.05, 4.69) is 15.7 Å². The van der Waals surface area contributed by atoms with Crippen LogP contribution in [0.5, 0.6) is 0 Å². The van der Waals surface area contributed by atoms with E-state index < -0.39 is 0 Å². The second-order valence-corrected chi connectivity index (χ2v) is 8.26. The minimum atomic E-state index is -0.327. The molecule has 0 spiro atoms. The Hall–Kier alpha value is -0.573. The van der Waals surface area contributed by atoms with Crippen molar-refractivity contribution in [3.63, 3.8) is 0 Å². The molecule has 1 aliphatic heterocycles. The number of imidazole rings is 1. The highest BCUT2D eigenvalue weighted by Crippen LogP contribution is 2.21. The first-order valence-electron chi connectivity index (χ1n) is 6.41. The largest absolute Gasteiger partial charge is 0.338 e. The first-order chi connectivity index (χ1) is 7.45. The van der Waals surface area contributed by atoms with Crippen molar-refractivity contribution in [2.75, 3.05) is 0 Å². The van der Waals surface area contributed by atoms with Gasteiger partial charge in [0.1, 0.15) is 0 Å². The molecule has 1 aromatic rings.